The lowest BCUT2D eigenvalue weighted by molar-refractivity contribution is -0.122. The maximum Gasteiger partial charge on any atom is 0.245 e. The minimum absolute atomic E-state index is 0.0427. The van der Waals surface area contributed by atoms with Crippen molar-refractivity contribution >= 4 is 23.2 Å². The van der Waals surface area contributed by atoms with E-state index in [9.17, 15) is 19.6 Å². The molecule has 1 amide bonds. The van der Waals surface area contributed by atoms with Gasteiger partial charge in [-0.25, -0.2) is 0 Å². The molecule has 0 aliphatic heterocycles. The smallest absolute Gasteiger partial charge is 0.245 e. The van der Waals surface area contributed by atoms with Crippen LogP contribution in [0.1, 0.15) is 51.3 Å². The minimum Gasteiger partial charge on any atom is -0.496 e. The van der Waals surface area contributed by atoms with Crippen LogP contribution in [0.2, 0.25) is 0 Å². The Kier molecular flexibility index (Phi) is 8.46. The molecule has 0 aliphatic rings. The van der Waals surface area contributed by atoms with Gasteiger partial charge in [0, 0.05) is 29.7 Å². The van der Waals surface area contributed by atoms with Gasteiger partial charge in [-0.1, -0.05) is 17.7 Å². The van der Waals surface area contributed by atoms with Gasteiger partial charge in [0.2, 0.25) is 5.91 Å². The van der Waals surface area contributed by atoms with Crippen LogP contribution in [0.5, 0.6) is 11.5 Å². The number of carbonyl (C=O) groups is 3. The lowest BCUT2D eigenvalue weighted by Crippen LogP contribution is -2.39. The lowest BCUT2D eigenvalue weighted by atomic mass is 9.76. The number of rotatable bonds is 10. The second-order valence-electron chi connectivity index (χ2n) is 9.03. The number of ketones is 2. The van der Waals surface area contributed by atoms with Gasteiger partial charge in [-0.05, 0) is 80.4 Å². The molecule has 0 saturated carbocycles. The van der Waals surface area contributed by atoms with Gasteiger partial charge in [0.05, 0.1) is 20.3 Å². The molecule has 190 valence electrons. The molecule has 7 heteroatoms. The van der Waals surface area contributed by atoms with E-state index in [1.165, 1.54) is 28.1 Å². The van der Waals surface area contributed by atoms with Gasteiger partial charge in [0.25, 0.3) is 0 Å². The fourth-order valence-electron chi connectivity index (χ4n) is 4.16. The largest absolute Gasteiger partial charge is 0.496 e. The van der Waals surface area contributed by atoms with Crippen LogP contribution < -0.4 is 14.8 Å². The van der Waals surface area contributed by atoms with Crippen LogP contribution in [0.4, 0.5) is 5.69 Å². The van der Waals surface area contributed by atoms with Gasteiger partial charge < -0.3 is 14.8 Å². The first-order valence-corrected chi connectivity index (χ1v) is 11.8. The third-order valence-electron chi connectivity index (χ3n) is 6.32. The summed E-state index contributed by atoms with van der Waals surface area (Å²) >= 11 is 0. The lowest BCUT2D eigenvalue weighted by Gasteiger charge is -2.28. The van der Waals surface area contributed by atoms with Crippen LogP contribution >= 0.6 is 0 Å². The van der Waals surface area contributed by atoms with Gasteiger partial charge >= 0.3 is 0 Å². The zero-order valence-electron chi connectivity index (χ0n) is 21.7. The van der Waals surface area contributed by atoms with E-state index in [2.05, 4.69) is 11.4 Å². The fraction of sp³-hybridized carbons (Fsp3) is 0.267. The Morgan fingerprint density at radius 2 is 1.27 bits per heavy atom. The summed E-state index contributed by atoms with van der Waals surface area (Å²) in [5.41, 5.74) is 1.91. The van der Waals surface area contributed by atoms with Gasteiger partial charge in [-0.3, -0.25) is 14.4 Å². The summed E-state index contributed by atoms with van der Waals surface area (Å²) in [7, 11) is 2.98. The summed E-state index contributed by atoms with van der Waals surface area (Å²) in [5, 5.41) is 13.4. The Morgan fingerprint density at radius 3 is 1.65 bits per heavy atom. The van der Waals surface area contributed by atoms with Crippen molar-refractivity contribution in [1.82, 2.24) is 0 Å². The molecule has 37 heavy (non-hydrogen) atoms. The van der Waals surface area contributed by atoms with E-state index in [1.54, 1.807) is 48.5 Å². The predicted molar refractivity (Wildman–Crippen MR) is 141 cm³/mol. The highest BCUT2D eigenvalue weighted by molar-refractivity contribution is 5.98. The molecule has 1 N–H and O–H groups in total. The van der Waals surface area contributed by atoms with Crippen LogP contribution in [-0.2, 0) is 17.6 Å². The Bertz CT molecular complexity index is 1300. The Labute approximate surface area is 217 Å². The molecular weight excluding hydrogens is 468 g/mol. The van der Waals surface area contributed by atoms with Gasteiger partial charge in [0.15, 0.2) is 11.6 Å². The number of benzene rings is 3. The number of methoxy groups -OCH3 is 2. The Morgan fingerprint density at radius 1 is 0.811 bits per heavy atom. The number of anilines is 1. The average Bonchev–Trinajstić information content (AvgIpc) is 2.89. The summed E-state index contributed by atoms with van der Waals surface area (Å²) in [6.45, 7) is 4.84. The molecule has 0 radical (unpaired) electrons. The first kappa shape index (κ1) is 27.2. The highest BCUT2D eigenvalue weighted by atomic mass is 16.5. The summed E-state index contributed by atoms with van der Waals surface area (Å²) in [6, 6.07) is 19.4. The highest BCUT2D eigenvalue weighted by Crippen LogP contribution is 2.36. The van der Waals surface area contributed by atoms with Gasteiger partial charge in [-0.2, -0.15) is 5.26 Å². The fourth-order valence-corrected chi connectivity index (χ4v) is 4.16. The molecule has 3 rings (SSSR count). The van der Waals surface area contributed by atoms with Crippen molar-refractivity contribution in [2.75, 3.05) is 19.5 Å². The monoisotopic (exact) mass is 498 g/mol. The third kappa shape index (κ3) is 6.22. The van der Waals surface area contributed by atoms with Gasteiger partial charge in [0.1, 0.15) is 16.9 Å². The van der Waals surface area contributed by atoms with Crippen LogP contribution in [-0.4, -0.2) is 31.7 Å². The van der Waals surface area contributed by atoms with E-state index in [4.69, 9.17) is 9.47 Å². The SMILES string of the molecule is COc1ccc(C(C)=O)cc1CC(C#N)(Cc1cc(C(C)=O)ccc1OC)C(=O)Nc1ccc(C)cc1. The van der Waals surface area contributed by atoms with E-state index < -0.39 is 11.3 Å². The number of amides is 1. The molecule has 0 aromatic heterocycles. The van der Waals surface area contributed by atoms with E-state index in [0.717, 1.165) is 5.56 Å². The first-order valence-electron chi connectivity index (χ1n) is 11.8. The molecule has 7 nitrogen and oxygen atoms in total. The molecule has 0 bridgehead atoms. The summed E-state index contributed by atoms with van der Waals surface area (Å²) in [6.07, 6.45) is -0.0854. The molecule has 0 unspecified atom stereocenters. The molecule has 0 aliphatic carbocycles. The van der Waals surface area contributed by atoms with Crippen LogP contribution in [0.15, 0.2) is 60.7 Å². The molecule has 3 aromatic carbocycles. The number of carbonyl (C=O) groups excluding carboxylic acids is 3. The second-order valence-corrected chi connectivity index (χ2v) is 9.03. The van der Waals surface area contributed by atoms with E-state index in [-0.39, 0.29) is 24.4 Å². The number of nitrogens with zero attached hydrogens (tertiary/aromatic N) is 1. The minimum atomic E-state index is -1.63. The zero-order chi connectivity index (χ0) is 27.2. The van der Waals surface area contributed by atoms with Gasteiger partial charge in [-0.15, -0.1) is 0 Å². The summed E-state index contributed by atoms with van der Waals surface area (Å²) < 4.78 is 11.0. The number of nitrogens with one attached hydrogen (secondary N) is 1. The number of hydrogen-bond acceptors (Lipinski definition) is 6. The number of aryl methyl sites for hydroxylation is 1. The van der Waals surface area contributed by atoms with Crippen molar-refractivity contribution in [1.29, 1.82) is 5.26 Å². The summed E-state index contributed by atoms with van der Waals surface area (Å²) in [5.74, 6) is 0.0941. The van der Waals surface area contributed by atoms with Crippen molar-refractivity contribution in [2.24, 2.45) is 5.41 Å². The molecule has 0 atom stereocenters. The van der Waals surface area contributed by atoms with Crippen LogP contribution in [0.25, 0.3) is 0 Å². The number of ether oxygens (including phenoxy) is 2. The number of Topliss-reactive ketones (excluding diaryl/α,β-unsaturated/α-hetero) is 2. The maximum atomic E-state index is 13.8. The average molecular weight is 499 g/mol. The zero-order valence-corrected chi connectivity index (χ0v) is 21.7. The van der Waals surface area contributed by atoms with Crippen LogP contribution in [0, 0.1) is 23.7 Å². The molecule has 0 heterocycles. The predicted octanol–water partition coefficient (Wildman–Crippen LogP) is 5.35. The second kappa shape index (κ2) is 11.5. The van der Waals surface area contributed by atoms with Crippen molar-refractivity contribution < 1.29 is 23.9 Å². The van der Waals surface area contributed by atoms with Crippen molar-refractivity contribution in [3.63, 3.8) is 0 Å². The molecule has 0 fully saturated rings. The van der Waals surface area contributed by atoms with Crippen LogP contribution in [0.3, 0.4) is 0 Å². The third-order valence-corrected chi connectivity index (χ3v) is 6.32. The van der Waals surface area contributed by atoms with Crippen molar-refractivity contribution in [3.8, 4) is 17.6 Å². The normalized spacial score (nSPS) is 10.8. The standard InChI is InChI=1S/C30H30N2O5/c1-19-6-10-26(11-7-19)32-29(35)30(18-31,16-24-14-22(20(2)33)8-12-27(24)36-4)17-25-15-23(21(3)34)9-13-28(25)37-5/h6-15H,16-17H2,1-5H3,(H,32,35). The summed E-state index contributed by atoms with van der Waals surface area (Å²) in [4.78, 5) is 38.0. The first-order chi connectivity index (χ1) is 17.6. The molecular formula is C30H30N2O5. The number of nitriles is 1. The maximum absolute atomic E-state index is 13.8. The molecule has 0 spiro atoms. The quantitative estimate of drug-likeness (QED) is 0.378. The molecule has 0 saturated heterocycles. The van der Waals surface area contributed by atoms with E-state index in [0.29, 0.717) is 39.4 Å². The Balaban J connectivity index is 2.16. The van der Waals surface area contributed by atoms with Crippen molar-refractivity contribution in [2.45, 2.75) is 33.6 Å². The Hall–Kier alpha value is -4.44. The highest BCUT2D eigenvalue weighted by Gasteiger charge is 2.41. The molecule has 3 aromatic rings. The number of hydrogen-bond donors (Lipinski definition) is 1. The van der Waals surface area contributed by atoms with E-state index >= 15 is 0 Å². The topological polar surface area (TPSA) is 105 Å². The van der Waals surface area contributed by atoms with E-state index in [1.807, 2.05) is 19.1 Å². The van der Waals surface area contributed by atoms with Crippen molar-refractivity contribution in [3.05, 3.63) is 88.5 Å².